The molecule has 1 aromatic carbocycles. The maximum absolute atomic E-state index is 9.69. The highest BCUT2D eigenvalue weighted by atomic mass is 16.5. The molecule has 144 valence electrons. The SMILES string of the molecule is COc1ccc(Oc2nc(C)ccc2/C(=N/O)N(C)Cc2cccnc2)cc1. The first-order valence-electron chi connectivity index (χ1n) is 8.72. The molecule has 0 aliphatic heterocycles. The smallest absolute Gasteiger partial charge is 0.230 e. The van der Waals surface area contributed by atoms with Crippen LogP contribution in [0.5, 0.6) is 17.4 Å². The van der Waals surface area contributed by atoms with E-state index in [1.54, 1.807) is 43.8 Å². The molecule has 2 aromatic heterocycles. The largest absolute Gasteiger partial charge is 0.497 e. The number of nitrogens with zero attached hydrogens (tertiary/aromatic N) is 4. The molecule has 0 fully saturated rings. The number of amidine groups is 1. The van der Waals surface area contributed by atoms with Crippen molar-refractivity contribution in [3.05, 3.63) is 77.7 Å². The molecule has 0 bridgehead atoms. The molecule has 0 saturated heterocycles. The fraction of sp³-hybridized carbons (Fsp3) is 0.190. The van der Waals surface area contributed by atoms with Gasteiger partial charge in [0.15, 0.2) is 5.84 Å². The van der Waals surface area contributed by atoms with Gasteiger partial charge in [-0.05, 0) is 55.0 Å². The van der Waals surface area contributed by atoms with Crippen LogP contribution < -0.4 is 9.47 Å². The number of oxime groups is 1. The monoisotopic (exact) mass is 378 g/mol. The Kier molecular flexibility index (Phi) is 6.06. The molecule has 0 aliphatic carbocycles. The Morgan fingerprint density at radius 1 is 1.11 bits per heavy atom. The second-order valence-corrected chi connectivity index (χ2v) is 6.22. The van der Waals surface area contributed by atoms with Crippen molar-refractivity contribution in [2.45, 2.75) is 13.5 Å². The van der Waals surface area contributed by atoms with E-state index >= 15 is 0 Å². The van der Waals surface area contributed by atoms with Crippen molar-refractivity contribution in [1.29, 1.82) is 0 Å². The van der Waals surface area contributed by atoms with Crippen LogP contribution in [0.2, 0.25) is 0 Å². The van der Waals surface area contributed by atoms with Gasteiger partial charge in [0.2, 0.25) is 5.88 Å². The number of pyridine rings is 2. The number of hydrogen-bond donors (Lipinski definition) is 1. The maximum Gasteiger partial charge on any atom is 0.230 e. The molecular weight excluding hydrogens is 356 g/mol. The third-order valence-corrected chi connectivity index (χ3v) is 4.11. The van der Waals surface area contributed by atoms with Gasteiger partial charge in [-0.3, -0.25) is 4.98 Å². The van der Waals surface area contributed by atoms with Crippen molar-refractivity contribution >= 4 is 5.84 Å². The summed E-state index contributed by atoms with van der Waals surface area (Å²) in [4.78, 5) is 10.4. The van der Waals surface area contributed by atoms with E-state index < -0.39 is 0 Å². The highest BCUT2D eigenvalue weighted by Crippen LogP contribution is 2.27. The molecule has 0 amide bonds. The molecule has 1 N–H and O–H groups in total. The van der Waals surface area contributed by atoms with Crippen LogP contribution in [0.3, 0.4) is 0 Å². The number of aromatic nitrogens is 2. The quantitative estimate of drug-likeness (QED) is 0.304. The van der Waals surface area contributed by atoms with E-state index in [0.29, 0.717) is 29.6 Å². The van der Waals surface area contributed by atoms with Crippen LogP contribution in [0.15, 0.2) is 66.1 Å². The minimum atomic E-state index is 0.347. The first-order valence-corrected chi connectivity index (χ1v) is 8.72. The average Bonchev–Trinajstić information content (AvgIpc) is 2.71. The van der Waals surface area contributed by atoms with Crippen molar-refractivity contribution in [2.24, 2.45) is 5.16 Å². The van der Waals surface area contributed by atoms with E-state index in [9.17, 15) is 5.21 Å². The highest BCUT2D eigenvalue weighted by Gasteiger charge is 2.18. The molecule has 0 saturated carbocycles. The lowest BCUT2D eigenvalue weighted by atomic mass is 10.2. The maximum atomic E-state index is 9.69. The molecule has 3 aromatic rings. The van der Waals surface area contributed by atoms with Crippen LogP contribution >= 0.6 is 0 Å². The first kappa shape index (κ1) is 19.2. The standard InChI is InChI=1S/C21H22N4O3/c1-15-6-11-19(20(24-26)25(2)14-16-5-4-12-22-13-16)21(23-15)28-18-9-7-17(27-3)8-10-18/h4-13,26H,14H2,1-3H3/b24-20-. The Labute approximate surface area is 163 Å². The summed E-state index contributed by atoms with van der Waals surface area (Å²) in [5.41, 5.74) is 2.36. The minimum absolute atomic E-state index is 0.347. The molecule has 3 rings (SSSR count). The summed E-state index contributed by atoms with van der Waals surface area (Å²) < 4.78 is 11.1. The molecule has 28 heavy (non-hydrogen) atoms. The summed E-state index contributed by atoms with van der Waals surface area (Å²) in [5.74, 6) is 2.04. The summed E-state index contributed by atoms with van der Waals surface area (Å²) in [6, 6.07) is 14.7. The normalized spacial score (nSPS) is 11.2. The Morgan fingerprint density at radius 2 is 1.86 bits per heavy atom. The predicted molar refractivity (Wildman–Crippen MR) is 106 cm³/mol. The number of ether oxygens (including phenoxy) is 2. The third kappa shape index (κ3) is 4.56. The Morgan fingerprint density at radius 3 is 2.50 bits per heavy atom. The molecule has 0 atom stereocenters. The van der Waals surface area contributed by atoms with Gasteiger partial charge >= 0.3 is 0 Å². The van der Waals surface area contributed by atoms with Crippen molar-refractivity contribution in [3.63, 3.8) is 0 Å². The Bertz CT molecular complexity index is 944. The summed E-state index contributed by atoms with van der Waals surface area (Å²) in [5, 5.41) is 13.2. The molecule has 7 nitrogen and oxygen atoms in total. The van der Waals surface area contributed by atoms with Gasteiger partial charge < -0.3 is 19.6 Å². The Balaban J connectivity index is 1.88. The fourth-order valence-corrected chi connectivity index (χ4v) is 2.71. The van der Waals surface area contributed by atoms with Crippen LogP contribution in [0.25, 0.3) is 0 Å². The van der Waals surface area contributed by atoms with Crippen LogP contribution in [-0.4, -0.2) is 40.1 Å². The highest BCUT2D eigenvalue weighted by molar-refractivity contribution is 6.00. The van der Waals surface area contributed by atoms with Crippen molar-refractivity contribution in [1.82, 2.24) is 14.9 Å². The van der Waals surface area contributed by atoms with Crippen LogP contribution in [-0.2, 0) is 6.54 Å². The van der Waals surface area contributed by atoms with Gasteiger partial charge in [-0.25, -0.2) is 4.98 Å². The van der Waals surface area contributed by atoms with Crippen molar-refractivity contribution in [3.8, 4) is 17.4 Å². The summed E-state index contributed by atoms with van der Waals surface area (Å²) >= 11 is 0. The zero-order valence-electron chi connectivity index (χ0n) is 16.0. The van der Waals surface area contributed by atoms with Gasteiger partial charge in [0.1, 0.15) is 11.5 Å². The van der Waals surface area contributed by atoms with Gasteiger partial charge in [-0.15, -0.1) is 0 Å². The van der Waals surface area contributed by atoms with E-state index in [1.165, 1.54) is 0 Å². The third-order valence-electron chi connectivity index (χ3n) is 4.11. The lowest BCUT2D eigenvalue weighted by molar-refractivity contribution is 0.305. The van der Waals surface area contributed by atoms with Gasteiger partial charge in [0.05, 0.1) is 12.7 Å². The van der Waals surface area contributed by atoms with Gasteiger partial charge in [0.25, 0.3) is 0 Å². The number of aryl methyl sites for hydroxylation is 1. The predicted octanol–water partition coefficient (Wildman–Crippen LogP) is 3.85. The van der Waals surface area contributed by atoms with Crippen LogP contribution in [0, 0.1) is 6.92 Å². The molecule has 0 spiro atoms. The summed E-state index contributed by atoms with van der Waals surface area (Å²) in [6.07, 6.45) is 3.49. The number of benzene rings is 1. The summed E-state index contributed by atoms with van der Waals surface area (Å²) in [6.45, 7) is 2.39. The zero-order valence-corrected chi connectivity index (χ0v) is 16.0. The number of hydrogen-bond acceptors (Lipinski definition) is 6. The van der Waals surface area contributed by atoms with Gasteiger partial charge in [0, 0.05) is 31.7 Å². The topological polar surface area (TPSA) is 80.1 Å². The van der Waals surface area contributed by atoms with E-state index in [1.807, 2.05) is 43.1 Å². The lowest BCUT2D eigenvalue weighted by Gasteiger charge is -2.21. The van der Waals surface area contributed by atoms with Crippen molar-refractivity contribution < 1.29 is 14.7 Å². The van der Waals surface area contributed by atoms with E-state index in [-0.39, 0.29) is 0 Å². The zero-order chi connectivity index (χ0) is 19.9. The second kappa shape index (κ2) is 8.85. The van der Waals surface area contributed by atoms with E-state index in [2.05, 4.69) is 15.1 Å². The number of methoxy groups -OCH3 is 1. The van der Waals surface area contributed by atoms with Gasteiger partial charge in [-0.1, -0.05) is 11.2 Å². The second-order valence-electron chi connectivity index (χ2n) is 6.22. The first-order chi connectivity index (χ1) is 13.6. The fourth-order valence-electron chi connectivity index (χ4n) is 2.71. The molecule has 0 aliphatic rings. The Hall–Kier alpha value is -3.61. The van der Waals surface area contributed by atoms with Crippen LogP contribution in [0.1, 0.15) is 16.8 Å². The molecule has 0 unspecified atom stereocenters. The molecule has 7 heteroatoms. The molecule has 0 radical (unpaired) electrons. The van der Waals surface area contributed by atoms with E-state index in [4.69, 9.17) is 9.47 Å². The van der Waals surface area contributed by atoms with Crippen LogP contribution in [0.4, 0.5) is 0 Å². The molecule has 2 heterocycles. The van der Waals surface area contributed by atoms with E-state index in [0.717, 1.165) is 17.0 Å². The number of rotatable bonds is 6. The minimum Gasteiger partial charge on any atom is -0.497 e. The van der Waals surface area contributed by atoms with Gasteiger partial charge in [-0.2, -0.15) is 0 Å². The molecular formula is C21H22N4O3. The summed E-state index contributed by atoms with van der Waals surface area (Å²) in [7, 11) is 3.44. The average molecular weight is 378 g/mol. The van der Waals surface area contributed by atoms with Crippen molar-refractivity contribution in [2.75, 3.05) is 14.2 Å². The lowest BCUT2D eigenvalue weighted by Crippen LogP contribution is -2.28.